The zero-order valence-corrected chi connectivity index (χ0v) is 11.2. The molecular weight excluding hydrogens is 250 g/mol. The van der Waals surface area contributed by atoms with Crippen molar-refractivity contribution in [2.24, 2.45) is 11.3 Å². The summed E-state index contributed by atoms with van der Waals surface area (Å²) < 4.78 is 22.4. The predicted molar refractivity (Wildman–Crippen MR) is 64.3 cm³/mol. The van der Waals surface area contributed by atoms with Crippen LogP contribution in [-0.2, 0) is 14.6 Å². The lowest BCUT2D eigenvalue weighted by Gasteiger charge is -2.22. The van der Waals surface area contributed by atoms with Gasteiger partial charge in [0.25, 0.3) is 0 Å². The van der Waals surface area contributed by atoms with E-state index in [-0.39, 0.29) is 28.7 Å². The molecule has 0 spiro atoms. The van der Waals surface area contributed by atoms with Gasteiger partial charge in [-0.1, -0.05) is 13.8 Å². The summed E-state index contributed by atoms with van der Waals surface area (Å²) in [7, 11) is -2.99. The van der Waals surface area contributed by atoms with Crippen molar-refractivity contribution in [3.63, 3.8) is 0 Å². The van der Waals surface area contributed by atoms with Crippen molar-refractivity contribution < 1.29 is 13.2 Å². The zero-order valence-electron chi connectivity index (χ0n) is 9.62. The molecule has 0 aliphatic carbocycles. The fourth-order valence-corrected chi connectivity index (χ4v) is 3.36. The minimum atomic E-state index is -2.99. The fourth-order valence-electron chi connectivity index (χ4n) is 1.52. The van der Waals surface area contributed by atoms with Crippen LogP contribution in [0.2, 0.25) is 0 Å². The molecule has 1 heterocycles. The number of nitrogens with one attached hydrogen (secondary N) is 1. The van der Waals surface area contributed by atoms with Gasteiger partial charge in [0, 0.05) is 12.4 Å². The SMILES string of the molecule is CC(C)(CCl)CNC(=O)C1CCS(=O)(=O)C1. The molecular formula is C10H18ClNO3S. The maximum absolute atomic E-state index is 11.7. The van der Waals surface area contributed by atoms with Gasteiger partial charge in [0.2, 0.25) is 5.91 Å². The molecule has 1 aliphatic rings. The Morgan fingerprint density at radius 2 is 2.12 bits per heavy atom. The molecule has 6 heteroatoms. The number of hydrogen-bond donors (Lipinski definition) is 1. The van der Waals surface area contributed by atoms with Crippen molar-refractivity contribution in [3.8, 4) is 0 Å². The highest BCUT2D eigenvalue weighted by molar-refractivity contribution is 7.91. The summed E-state index contributed by atoms with van der Waals surface area (Å²) in [6, 6.07) is 0. The highest BCUT2D eigenvalue weighted by atomic mass is 35.5. The van der Waals surface area contributed by atoms with E-state index in [1.54, 1.807) is 0 Å². The van der Waals surface area contributed by atoms with Crippen LogP contribution >= 0.6 is 11.6 Å². The standard InChI is InChI=1S/C10H18ClNO3S/c1-10(2,6-11)7-12-9(13)8-3-4-16(14,15)5-8/h8H,3-7H2,1-2H3,(H,12,13). The lowest BCUT2D eigenvalue weighted by atomic mass is 9.96. The summed E-state index contributed by atoms with van der Waals surface area (Å²) in [5.41, 5.74) is -0.158. The lowest BCUT2D eigenvalue weighted by Crippen LogP contribution is -2.38. The Balaban J connectivity index is 2.43. The number of amides is 1. The molecule has 0 aromatic carbocycles. The molecule has 0 aromatic heterocycles. The van der Waals surface area contributed by atoms with Gasteiger partial charge >= 0.3 is 0 Å². The van der Waals surface area contributed by atoms with Crippen molar-refractivity contribution in [3.05, 3.63) is 0 Å². The van der Waals surface area contributed by atoms with E-state index >= 15 is 0 Å². The van der Waals surface area contributed by atoms with Gasteiger partial charge in [-0.3, -0.25) is 4.79 Å². The second-order valence-electron chi connectivity index (χ2n) is 5.12. The van der Waals surface area contributed by atoms with Gasteiger partial charge in [0.05, 0.1) is 17.4 Å². The molecule has 4 nitrogen and oxygen atoms in total. The van der Waals surface area contributed by atoms with E-state index in [4.69, 9.17) is 11.6 Å². The molecule has 0 saturated carbocycles. The second kappa shape index (κ2) is 4.92. The van der Waals surface area contributed by atoms with Crippen LogP contribution in [0.15, 0.2) is 0 Å². The van der Waals surface area contributed by atoms with E-state index in [0.29, 0.717) is 18.8 Å². The Bertz CT molecular complexity index is 364. The topological polar surface area (TPSA) is 63.2 Å². The smallest absolute Gasteiger partial charge is 0.224 e. The van der Waals surface area contributed by atoms with Crippen LogP contribution in [-0.4, -0.2) is 38.3 Å². The van der Waals surface area contributed by atoms with Gasteiger partial charge < -0.3 is 5.32 Å². The first kappa shape index (κ1) is 13.8. The number of halogens is 1. The largest absolute Gasteiger partial charge is 0.355 e. The van der Waals surface area contributed by atoms with Gasteiger partial charge in [-0.05, 0) is 11.8 Å². The second-order valence-corrected chi connectivity index (χ2v) is 7.61. The molecule has 1 unspecified atom stereocenters. The van der Waals surface area contributed by atoms with Crippen LogP contribution in [0.25, 0.3) is 0 Å². The number of hydrogen-bond acceptors (Lipinski definition) is 3. The zero-order chi connectivity index (χ0) is 12.4. The van der Waals surface area contributed by atoms with Crippen LogP contribution in [0.1, 0.15) is 20.3 Å². The lowest BCUT2D eigenvalue weighted by molar-refractivity contribution is -0.124. The van der Waals surface area contributed by atoms with Crippen LogP contribution in [0.4, 0.5) is 0 Å². The Hall–Kier alpha value is -0.290. The van der Waals surface area contributed by atoms with E-state index in [1.807, 2.05) is 13.8 Å². The van der Waals surface area contributed by atoms with Crippen molar-refractivity contribution in [2.75, 3.05) is 23.9 Å². The summed E-state index contributed by atoms with van der Waals surface area (Å²) >= 11 is 5.73. The molecule has 1 fully saturated rings. The Labute approximate surface area is 102 Å². The van der Waals surface area contributed by atoms with E-state index < -0.39 is 9.84 Å². The molecule has 0 aromatic rings. The normalized spacial score (nSPS) is 24.3. The average Bonchev–Trinajstić information content (AvgIpc) is 2.55. The van der Waals surface area contributed by atoms with E-state index in [2.05, 4.69) is 5.32 Å². The summed E-state index contributed by atoms with van der Waals surface area (Å²) in [5, 5.41) is 2.77. The molecule has 1 rings (SSSR count). The van der Waals surface area contributed by atoms with Crippen LogP contribution < -0.4 is 5.32 Å². The average molecular weight is 268 g/mol. The highest BCUT2D eigenvalue weighted by Crippen LogP contribution is 2.20. The molecule has 1 aliphatic heterocycles. The van der Waals surface area contributed by atoms with Gasteiger partial charge in [0.1, 0.15) is 0 Å². The summed E-state index contributed by atoms with van der Waals surface area (Å²) in [5.74, 6) is 0.0239. The van der Waals surface area contributed by atoms with Crippen molar-refractivity contribution in [2.45, 2.75) is 20.3 Å². The van der Waals surface area contributed by atoms with Crippen molar-refractivity contribution in [1.29, 1.82) is 0 Å². The molecule has 94 valence electrons. The third-order valence-electron chi connectivity index (χ3n) is 2.71. The number of rotatable bonds is 4. The molecule has 0 bridgehead atoms. The molecule has 16 heavy (non-hydrogen) atoms. The molecule has 0 radical (unpaired) electrons. The fraction of sp³-hybridized carbons (Fsp3) is 0.900. The molecule has 1 atom stereocenters. The van der Waals surface area contributed by atoms with Gasteiger partial charge in [-0.25, -0.2) is 8.42 Å². The minimum Gasteiger partial charge on any atom is -0.355 e. The Kier molecular flexibility index (Phi) is 4.23. The monoisotopic (exact) mass is 267 g/mol. The number of alkyl halides is 1. The van der Waals surface area contributed by atoms with Gasteiger partial charge in [0.15, 0.2) is 9.84 Å². The summed E-state index contributed by atoms with van der Waals surface area (Å²) in [4.78, 5) is 11.7. The molecule has 1 saturated heterocycles. The number of carbonyl (C=O) groups excluding carboxylic acids is 1. The van der Waals surface area contributed by atoms with Crippen molar-refractivity contribution >= 4 is 27.3 Å². The van der Waals surface area contributed by atoms with Crippen molar-refractivity contribution in [1.82, 2.24) is 5.32 Å². The number of sulfone groups is 1. The third kappa shape index (κ3) is 3.94. The van der Waals surface area contributed by atoms with Crippen LogP contribution in [0.3, 0.4) is 0 Å². The van der Waals surface area contributed by atoms with E-state index in [1.165, 1.54) is 0 Å². The first-order chi connectivity index (χ1) is 7.26. The molecule has 1 amide bonds. The minimum absolute atomic E-state index is 0.0138. The van der Waals surface area contributed by atoms with Gasteiger partial charge in [-0.2, -0.15) is 0 Å². The van der Waals surface area contributed by atoms with Crippen LogP contribution in [0, 0.1) is 11.3 Å². The third-order valence-corrected chi connectivity index (χ3v) is 5.20. The summed E-state index contributed by atoms with van der Waals surface area (Å²) in [6.45, 7) is 4.38. The van der Waals surface area contributed by atoms with Crippen LogP contribution in [0.5, 0.6) is 0 Å². The quantitative estimate of drug-likeness (QED) is 0.767. The summed E-state index contributed by atoms with van der Waals surface area (Å²) in [6.07, 6.45) is 0.440. The maximum atomic E-state index is 11.7. The van der Waals surface area contributed by atoms with E-state index in [9.17, 15) is 13.2 Å². The number of carbonyl (C=O) groups is 1. The van der Waals surface area contributed by atoms with Gasteiger partial charge in [-0.15, -0.1) is 11.6 Å². The first-order valence-corrected chi connectivity index (χ1v) is 7.65. The predicted octanol–water partition coefficient (Wildman–Crippen LogP) is 0.802. The maximum Gasteiger partial charge on any atom is 0.224 e. The van der Waals surface area contributed by atoms with E-state index in [0.717, 1.165) is 0 Å². The highest BCUT2D eigenvalue weighted by Gasteiger charge is 2.33. The molecule has 1 N–H and O–H groups in total. The Morgan fingerprint density at radius 3 is 2.56 bits per heavy atom. The first-order valence-electron chi connectivity index (χ1n) is 5.30. The Morgan fingerprint density at radius 1 is 1.50 bits per heavy atom.